The lowest BCUT2D eigenvalue weighted by Crippen LogP contribution is -2.47. The van der Waals surface area contributed by atoms with Gasteiger partial charge >= 0.3 is 0 Å². The van der Waals surface area contributed by atoms with E-state index in [1.165, 1.54) is 24.0 Å². The van der Waals surface area contributed by atoms with Crippen LogP contribution in [0.4, 0.5) is 0 Å². The van der Waals surface area contributed by atoms with Gasteiger partial charge in [0, 0.05) is 19.1 Å². The molecule has 3 rings (SSSR count). The van der Waals surface area contributed by atoms with Crippen molar-refractivity contribution in [2.45, 2.75) is 51.2 Å². The Balaban J connectivity index is 1.84. The Morgan fingerprint density at radius 1 is 1.22 bits per heavy atom. The van der Waals surface area contributed by atoms with Crippen molar-refractivity contribution in [2.24, 2.45) is 5.92 Å². The summed E-state index contributed by atoms with van der Waals surface area (Å²) in [6.07, 6.45) is 5.23. The predicted octanol–water partition coefficient (Wildman–Crippen LogP) is 3.17. The largest absolute Gasteiger partial charge is 0.493 e. The number of hydrogen-bond donors (Lipinski definition) is 1. The number of rotatable bonds is 5. The number of nitrogens with zero attached hydrogens (tertiary/aromatic N) is 1. The van der Waals surface area contributed by atoms with Crippen LogP contribution in [-0.2, 0) is 6.42 Å². The number of fused-ring (bicyclic) bond motifs is 3. The molecule has 1 aromatic carbocycles. The maximum atomic E-state index is 10.6. The van der Waals surface area contributed by atoms with Gasteiger partial charge in [0.1, 0.15) is 0 Å². The Hall–Kier alpha value is -1.26. The summed E-state index contributed by atoms with van der Waals surface area (Å²) in [5.74, 6) is 2.01. The van der Waals surface area contributed by atoms with E-state index in [2.05, 4.69) is 24.0 Å². The molecule has 3 unspecified atom stereocenters. The monoisotopic (exact) mass is 319 g/mol. The number of piperidine rings is 1. The third-order valence-electron chi connectivity index (χ3n) is 5.52. The highest BCUT2D eigenvalue weighted by Gasteiger charge is 2.38. The molecule has 2 heterocycles. The van der Waals surface area contributed by atoms with Gasteiger partial charge in [-0.05, 0) is 48.4 Å². The lowest BCUT2D eigenvalue weighted by Gasteiger charge is -2.46. The van der Waals surface area contributed by atoms with Crippen LogP contribution in [0, 0.1) is 5.92 Å². The molecular weight excluding hydrogens is 290 g/mol. The molecule has 0 aromatic heterocycles. The summed E-state index contributed by atoms with van der Waals surface area (Å²) in [7, 11) is 3.36. The molecule has 1 N–H and O–H groups in total. The quantitative estimate of drug-likeness (QED) is 0.905. The van der Waals surface area contributed by atoms with Gasteiger partial charge in [-0.2, -0.15) is 0 Å². The third kappa shape index (κ3) is 3.20. The predicted molar refractivity (Wildman–Crippen MR) is 91.2 cm³/mol. The number of benzene rings is 1. The molecule has 3 atom stereocenters. The van der Waals surface area contributed by atoms with E-state index in [9.17, 15) is 5.11 Å². The average molecular weight is 319 g/mol. The van der Waals surface area contributed by atoms with E-state index in [-0.39, 0.29) is 6.10 Å². The molecule has 128 valence electrons. The minimum Gasteiger partial charge on any atom is -0.493 e. The molecule has 2 aliphatic rings. The van der Waals surface area contributed by atoms with E-state index in [0.29, 0.717) is 12.0 Å². The maximum absolute atomic E-state index is 10.6. The van der Waals surface area contributed by atoms with E-state index in [0.717, 1.165) is 43.9 Å². The number of aliphatic hydroxyl groups is 1. The fourth-order valence-corrected chi connectivity index (χ4v) is 4.17. The highest BCUT2D eigenvalue weighted by molar-refractivity contribution is 5.49. The van der Waals surface area contributed by atoms with Gasteiger partial charge in [-0.3, -0.25) is 4.90 Å². The molecule has 4 heteroatoms. The summed E-state index contributed by atoms with van der Waals surface area (Å²) in [5, 5.41) is 10.6. The van der Waals surface area contributed by atoms with Gasteiger partial charge in [-0.15, -0.1) is 0 Å². The van der Waals surface area contributed by atoms with Crippen LogP contribution in [0.25, 0.3) is 0 Å². The molecule has 1 fully saturated rings. The van der Waals surface area contributed by atoms with E-state index < -0.39 is 0 Å². The lowest BCUT2D eigenvalue weighted by molar-refractivity contribution is -0.0156. The maximum Gasteiger partial charge on any atom is 0.161 e. The van der Waals surface area contributed by atoms with E-state index in [1.807, 2.05) is 0 Å². The van der Waals surface area contributed by atoms with Crippen molar-refractivity contribution in [1.82, 2.24) is 4.90 Å². The molecule has 0 aliphatic carbocycles. The first-order valence-electron chi connectivity index (χ1n) is 8.84. The minimum atomic E-state index is -0.193. The average Bonchev–Trinajstić information content (AvgIpc) is 2.58. The Kier molecular flexibility index (Phi) is 5.12. The van der Waals surface area contributed by atoms with Crippen molar-refractivity contribution in [3.8, 4) is 11.5 Å². The number of ether oxygens (including phenoxy) is 2. The van der Waals surface area contributed by atoms with Gasteiger partial charge in [0.2, 0.25) is 0 Å². The highest BCUT2D eigenvalue weighted by atomic mass is 16.5. The molecule has 4 nitrogen and oxygen atoms in total. The van der Waals surface area contributed by atoms with Crippen molar-refractivity contribution in [2.75, 3.05) is 27.3 Å². The van der Waals surface area contributed by atoms with Crippen molar-refractivity contribution >= 4 is 0 Å². The highest BCUT2D eigenvalue weighted by Crippen LogP contribution is 2.43. The van der Waals surface area contributed by atoms with Gasteiger partial charge in [-0.25, -0.2) is 0 Å². The number of methoxy groups -OCH3 is 2. The molecule has 0 radical (unpaired) electrons. The van der Waals surface area contributed by atoms with Crippen LogP contribution in [0.5, 0.6) is 11.5 Å². The molecule has 1 saturated heterocycles. The summed E-state index contributed by atoms with van der Waals surface area (Å²) in [5.41, 5.74) is 2.64. The van der Waals surface area contributed by atoms with Crippen molar-refractivity contribution in [3.63, 3.8) is 0 Å². The molecule has 0 amide bonds. The zero-order valence-corrected chi connectivity index (χ0v) is 14.5. The normalized spacial score (nSPS) is 27.2. The van der Waals surface area contributed by atoms with Gasteiger partial charge in [0.25, 0.3) is 0 Å². The van der Waals surface area contributed by atoms with Crippen LogP contribution in [0.1, 0.15) is 49.8 Å². The van der Waals surface area contributed by atoms with Crippen LogP contribution in [0.3, 0.4) is 0 Å². The molecule has 2 aliphatic heterocycles. The summed E-state index contributed by atoms with van der Waals surface area (Å²) < 4.78 is 10.9. The van der Waals surface area contributed by atoms with Crippen LogP contribution < -0.4 is 9.47 Å². The van der Waals surface area contributed by atoms with Gasteiger partial charge in [0.15, 0.2) is 11.5 Å². The first-order valence-corrected chi connectivity index (χ1v) is 8.84. The Bertz CT molecular complexity index is 546. The fraction of sp³-hybridized carbons (Fsp3) is 0.684. The SMILES string of the molecule is CCCCC1CN2CCc3cc(OC)c(OC)cc3C2CC1O. The van der Waals surface area contributed by atoms with Crippen molar-refractivity contribution in [1.29, 1.82) is 0 Å². The van der Waals surface area contributed by atoms with Gasteiger partial charge in [-0.1, -0.05) is 19.8 Å². The summed E-state index contributed by atoms with van der Waals surface area (Å²) in [6, 6.07) is 4.54. The standard InChI is InChI=1S/C19H29NO3/c1-4-5-6-14-12-20-8-7-13-9-18(22-2)19(23-3)10-15(13)16(20)11-17(14)21/h9-10,14,16-17,21H,4-8,11-12H2,1-3H3. The Morgan fingerprint density at radius 2 is 1.96 bits per heavy atom. The van der Waals surface area contributed by atoms with E-state index >= 15 is 0 Å². The second kappa shape index (κ2) is 7.10. The smallest absolute Gasteiger partial charge is 0.161 e. The van der Waals surface area contributed by atoms with Gasteiger partial charge < -0.3 is 14.6 Å². The van der Waals surface area contributed by atoms with E-state index in [1.54, 1.807) is 14.2 Å². The fourth-order valence-electron chi connectivity index (χ4n) is 4.17. The summed E-state index contributed by atoms with van der Waals surface area (Å²) in [4.78, 5) is 2.56. The topological polar surface area (TPSA) is 41.9 Å². The first-order chi connectivity index (χ1) is 11.2. The molecule has 0 saturated carbocycles. The van der Waals surface area contributed by atoms with Crippen molar-refractivity contribution < 1.29 is 14.6 Å². The first kappa shape index (κ1) is 16.6. The zero-order chi connectivity index (χ0) is 16.4. The molecular formula is C19H29NO3. The molecule has 0 bridgehead atoms. The van der Waals surface area contributed by atoms with Crippen LogP contribution in [0.2, 0.25) is 0 Å². The Morgan fingerprint density at radius 3 is 2.65 bits per heavy atom. The van der Waals surface area contributed by atoms with Crippen LogP contribution in [-0.4, -0.2) is 43.4 Å². The van der Waals surface area contributed by atoms with Crippen LogP contribution in [0.15, 0.2) is 12.1 Å². The number of aliphatic hydroxyl groups excluding tert-OH is 1. The lowest BCUT2D eigenvalue weighted by atomic mass is 9.80. The van der Waals surface area contributed by atoms with Crippen molar-refractivity contribution in [3.05, 3.63) is 23.3 Å². The number of unbranched alkanes of at least 4 members (excludes halogenated alkanes) is 1. The Labute approximate surface area is 139 Å². The zero-order valence-electron chi connectivity index (χ0n) is 14.5. The van der Waals surface area contributed by atoms with E-state index in [4.69, 9.17) is 9.47 Å². The summed E-state index contributed by atoms with van der Waals surface area (Å²) in [6.45, 7) is 4.30. The second-order valence-electron chi connectivity index (χ2n) is 6.87. The third-order valence-corrected chi connectivity index (χ3v) is 5.52. The molecule has 0 spiro atoms. The minimum absolute atomic E-state index is 0.193. The number of hydrogen-bond acceptors (Lipinski definition) is 4. The second-order valence-corrected chi connectivity index (χ2v) is 6.87. The van der Waals surface area contributed by atoms with Crippen LogP contribution >= 0.6 is 0 Å². The molecule has 1 aromatic rings. The summed E-state index contributed by atoms with van der Waals surface area (Å²) >= 11 is 0. The van der Waals surface area contributed by atoms with Gasteiger partial charge in [0.05, 0.1) is 20.3 Å². The molecule has 23 heavy (non-hydrogen) atoms.